The number of unbranched alkanes of at least 4 members (excludes halogenated alkanes) is 1. The van der Waals surface area contributed by atoms with Gasteiger partial charge < -0.3 is 9.80 Å². The highest BCUT2D eigenvalue weighted by molar-refractivity contribution is 5.94. The lowest BCUT2D eigenvalue weighted by molar-refractivity contribution is -0.135. The number of amides is 2. The van der Waals surface area contributed by atoms with Crippen LogP contribution in [-0.2, 0) is 4.79 Å². The zero-order chi connectivity index (χ0) is 13.0. The summed E-state index contributed by atoms with van der Waals surface area (Å²) in [7, 11) is 0. The third-order valence-corrected chi connectivity index (χ3v) is 3.01. The van der Waals surface area contributed by atoms with Crippen molar-refractivity contribution in [2.24, 2.45) is 0 Å². The largest absolute Gasteiger partial charge is 0.339 e. The Balaban J connectivity index is 1.92. The summed E-state index contributed by atoms with van der Waals surface area (Å²) in [5.41, 5.74) is 0. The van der Waals surface area contributed by atoms with Crippen LogP contribution in [0.15, 0.2) is 6.33 Å². The molecule has 98 valence electrons. The van der Waals surface area contributed by atoms with Crippen LogP contribution in [0, 0.1) is 0 Å². The van der Waals surface area contributed by atoms with Gasteiger partial charge in [-0.3, -0.25) is 14.7 Å². The second-order valence-electron chi connectivity index (χ2n) is 4.30. The predicted octanol–water partition coefficient (Wildman–Crippen LogP) is -0.111. The summed E-state index contributed by atoms with van der Waals surface area (Å²) in [6, 6.07) is 0. The molecule has 1 fully saturated rings. The fourth-order valence-electron chi connectivity index (χ4n) is 1.93. The van der Waals surface area contributed by atoms with Crippen molar-refractivity contribution in [1.29, 1.82) is 0 Å². The number of hydrogen-bond donors (Lipinski definition) is 1. The van der Waals surface area contributed by atoms with Crippen molar-refractivity contribution >= 4 is 11.8 Å². The van der Waals surface area contributed by atoms with Crippen molar-refractivity contribution in [1.82, 2.24) is 25.0 Å². The number of carbonyl (C=O) groups is 2. The number of aromatic nitrogens is 3. The first-order valence-electron chi connectivity index (χ1n) is 6.14. The molecule has 0 unspecified atom stereocenters. The van der Waals surface area contributed by atoms with Gasteiger partial charge in [0.2, 0.25) is 11.7 Å². The summed E-state index contributed by atoms with van der Waals surface area (Å²) in [4.78, 5) is 30.9. The molecule has 0 radical (unpaired) electrons. The number of hydrogen-bond acceptors (Lipinski definition) is 4. The molecule has 2 heterocycles. The molecule has 7 heteroatoms. The van der Waals surface area contributed by atoms with Crippen molar-refractivity contribution in [2.45, 2.75) is 19.8 Å². The average Bonchev–Trinajstić information content (AvgIpc) is 2.90. The second kappa shape index (κ2) is 5.61. The Hall–Kier alpha value is -1.92. The molecule has 7 nitrogen and oxygen atoms in total. The van der Waals surface area contributed by atoms with Gasteiger partial charge in [0.15, 0.2) is 0 Å². The van der Waals surface area contributed by atoms with Gasteiger partial charge in [0.05, 0.1) is 0 Å². The van der Waals surface area contributed by atoms with Crippen LogP contribution in [0.5, 0.6) is 0 Å². The molecule has 1 aliphatic rings. The Morgan fingerprint density at radius 3 is 2.94 bits per heavy atom. The summed E-state index contributed by atoms with van der Waals surface area (Å²) in [5.74, 6) is -0.0802. The molecule has 18 heavy (non-hydrogen) atoms. The SMILES string of the molecule is CCCCN1CCN(C(=O)c2ncn[nH]2)CC1=O. The van der Waals surface area contributed by atoms with E-state index in [0.29, 0.717) is 13.1 Å². The van der Waals surface area contributed by atoms with Gasteiger partial charge in [0.1, 0.15) is 12.9 Å². The molecular formula is C11H17N5O2. The fourth-order valence-corrected chi connectivity index (χ4v) is 1.93. The number of H-pyrrole nitrogens is 1. The quantitative estimate of drug-likeness (QED) is 0.809. The van der Waals surface area contributed by atoms with E-state index in [2.05, 4.69) is 22.1 Å². The topological polar surface area (TPSA) is 82.2 Å². The summed E-state index contributed by atoms with van der Waals surface area (Å²) >= 11 is 0. The van der Waals surface area contributed by atoms with Gasteiger partial charge in [-0.25, -0.2) is 4.98 Å². The molecule has 2 rings (SSSR count). The van der Waals surface area contributed by atoms with Gasteiger partial charge in [-0.15, -0.1) is 0 Å². The molecule has 1 saturated heterocycles. The Bertz CT molecular complexity index is 417. The van der Waals surface area contributed by atoms with Gasteiger partial charge in [0, 0.05) is 19.6 Å². The van der Waals surface area contributed by atoms with Crippen LogP contribution in [0.3, 0.4) is 0 Å². The molecule has 1 aromatic heterocycles. The van der Waals surface area contributed by atoms with Gasteiger partial charge >= 0.3 is 0 Å². The summed E-state index contributed by atoms with van der Waals surface area (Å²) in [6.07, 6.45) is 3.35. The molecule has 0 aliphatic carbocycles. The Kier molecular flexibility index (Phi) is 3.91. The normalized spacial score (nSPS) is 16.2. The van der Waals surface area contributed by atoms with Crippen molar-refractivity contribution in [2.75, 3.05) is 26.2 Å². The van der Waals surface area contributed by atoms with Crippen molar-refractivity contribution in [3.05, 3.63) is 12.2 Å². The number of piperazine rings is 1. The minimum Gasteiger partial charge on any atom is -0.339 e. The third-order valence-electron chi connectivity index (χ3n) is 3.01. The van der Waals surface area contributed by atoms with Crippen LogP contribution in [0.25, 0.3) is 0 Å². The maximum atomic E-state index is 11.9. The molecule has 2 amide bonds. The van der Waals surface area contributed by atoms with E-state index in [4.69, 9.17) is 0 Å². The maximum absolute atomic E-state index is 11.9. The van der Waals surface area contributed by atoms with Crippen molar-refractivity contribution in [3.63, 3.8) is 0 Å². The molecule has 0 aromatic carbocycles. The van der Waals surface area contributed by atoms with E-state index in [9.17, 15) is 9.59 Å². The van der Waals surface area contributed by atoms with Crippen molar-refractivity contribution in [3.8, 4) is 0 Å². The average molecular weight is 251 g/mol. The molecular weight excluding hydrogens is 234 g/mol. The summed E-state index contributed by atoms with van der Waals surface area (Å²) < 4.78 is 0. The molecule has 0 saturated carbocycles. The molecule has 0 bridgehead atoms. The van der Waals surface area contributed by atoms with Crippen LogP contribution >= 0.6 is 0 Å². The standard InChI is InChI=1S/C11H17N5O2/c1-2-3-4-15-5-6-16(7-9(15)17)11(18)10-12-8-13-14-10/h8H,2-7H2,1H3,(H,12,13,14). The minimum absolute atomic E-state index is 0.00238. The lowest BCUT2D eigenvalue weighted by Gasteiger charge is -2.33. The van der Waals surface area contributed by atoms with Gasteiger partial charge in [-0.05, 0) is 6.42 Å². The monoisotopic (exact) mass is 251 g/mol. The van der Waals surface area contributed by atoms with Crippen LogP contribution in [0.1, 0.15) is 30.4 Å². The highest BCUT2D eigenvalue weighted by Gasteiger charge is 2.28. The zero-order valence-corrected chi connectivity index (χ0v) is 10.4. The lowest BCUT2D eigenvalue weighted by atomic mass is 10.2. The summed E-state index contributed by atoms with van der Waals surface area (Å²) in [5, 5.41) is 6.15. The summed E-state index contributed by atoms with van der Waals surface area (Å²) in [6.45, 7) is 4.14. The number of rotatable bonds is 4. The minimum atomic E-state index is -0.268. The molecule has 1 N–H and O–H groups in total. The number of nitrogens with one attached hydrogen (secondary N) is 1. The van der Waals surface area contributed by atoms with Crippen LogP contribution < -0.4 is 0 Å². The Morgan fingerprint density at radius 1 is 1.50 bits per heavy atom. The fraction of sp³-hybridized carbons (Fsp3) is 0.636. The van der Waals surface area contributed by atoms with Gasteiger partial charge in [-0.1, -0.05) is 13.3 Å². The Morgan fingerprint density at radius 2 is 2.33 bits per heavy atom. The molecule has 0 spiro atoms. The molecule has 1 aliphatic heterocycles. The van der Waals surface area contributed by atoms with Crippen LogP contribution in [0.4, 0.5) is 0 Å². The van der Waals surface area contributed by atoms with Gasteiger partial charge in [-0.2, -0.15) is 5.10 Å². The maximum Gasteiger partial charge on any atom is 0.291 e. The zero-order valence-electron chi connectivity index (χ0n) is 10.4. The first kappa shape index (κ1) is 12.5. The smallest absolute Gasteiger partial charge is 0.291 e. The van der Waals surface area contributed by atoms with E-state index in [-0.39, 0.29) is 24.2 Å². The highest BCUT2D eigenvalue weighted by Crippen LogP contribution is 2.07. The molecule has 0 atom stereocenters. The van der Waals surface area contributed by atoms with E-state index >= 15 is 0 Å². The first-order chi connectivity index (χ1) is 8.72. The van der Waals surface area contributed by atoms with E-state index in [1.165, 1.54) is 11.2 Å². The number of aromatic amines is 1. The number of nitrogens with zero attached hydrogens (tertiary/aromatic N) is 4. The van der Waals surface area contributed by atoms with Gasteiger partial charge in [0.25, 0.3) is 5.91 Å². The first-order valence-corrected chi connectivity index (χ1v) is 6.14. The van der Waals surface area contributed by atoms with E-state index in [0.717, 1.165) is 19.4 Å². The third kappa shape index (κ3) is 2.66. The number of carbonyl (C=O) groups excluding carboxylic acids is 2. The predicted molar refractivity (Wildman–Crippen MR) is 63.8 cm³/mol. The highest BCUT2D eigenvalue weighted by atomic mass is 16.2. The molecule has 1 aromatic rings. The second-order valence-corrected chi connectivity index (χ2v) is 4.30. The van der Waals surface area contributed by atoms with Crippen LogP contribution in [0.2, 0.25) is 0 Å². The lowest BCUT2D eigenvalue weighted by Crippen LogP contribution is -2.52. The van der Waals surface area contributed by atoms with Crippen LogP contribution in [-0.4, -0.2) is 63.0 Å². The van der Waals surface area contributed by atoms with E-state index < -0.39 is 0 Å². The van der Waals surface area contributed by atoms with E-state index in [1.54, 1.807) is 0 Å². The van der Waals surface area contributed by atoms with E-state index in [1.807, 2.05) is 4.90 Å². The van der Waals surface area contributed by atoms with Crippen molar-refractivity contribution < 1.29 is 9.59 Å². The Labute approximate surface area is 105 Å².